The van der Waals surface area contributed by atoms with Gasteiger partial charge in [0.1, 0.15) is 12.4 Å². The molecule has 0 spiro atoms. The van der Waals surface area contributed by atoms with Crippen LogP contribution in [-0.2, 0) is 6.54 Å². The molecule has 0 saturated carbocycles. The van der Waals surface area contributed by atoms with Crippen LogP contribution in [0.1, 0.15) is 5.69 Å². The summed E-state index contributed by atoms with van der Waals surface area (Å²) in [6.07, 6.45) is -4.25. The van der Waals surface area contributed by atoms with Crippen LogP contribution in [0.3, 0.4) is 0 Å². The Balaban J connectivity index is 2.87. The maximum Gasteiger partial charge on any atom is 0.405 e. The molecule has 1 rings (SSSR count). The molecule has 1 aromatic rings. The molecule has 0 radical (unpaired) electrons. The van der Waals surface area contributed by atoms with Crippen molar-refractivity contribution in [1.29, 1.82) is 0 Å². The van der Waals surface area contributed by atoms with Gasteiger partial charge in [-0.15, -0.1) is 0 Å². The largest absolute Gasteiger partial charge is 0.405 e. The zero-order valence-electron chi connectivity index (χ0n) is 9.48. The smallest absolute Gasteiger partial charge is 0.351 e. The summed E-state index contributed by atoms with van der Waals surface area (Å²) in [5, 5.41) is 3.29. The van der Waals surface area contributed by atoms with Gasteiger partial charge in [0.25, 0.3) is 0 Å². The normalized spacial score (nSPS) is 11.6. The Morgan fingerprint density at radius 1 is 1.41 bits per heavy atom. The molecule has 0 atom stereocenters. The van der Waals surface area contributed by atoms with Crippen molar-refractivity contribution in [3.63, 3.8) is 0 Å². The molecule has 1 heterocycles. The number of rotatable bonds is 4. The average Bonchev–Trinajstić information content (AvgIpc) is 2.19. The molecule has 0 fully saturated rings. The standard InChI is InChI=1S/C10H13ClF3N3/c1-15-5-8-7(11)3-4-9(16-8)17(2)6-10(12,13)14/h3-4,15H,5-6H2,1-2H3. The molecule has 1 N–H and O–H groups in total. The van der Waals surface area contributed by atoms with Crippen LogP contribution in [-0.4, -0.2) is 31.8 Å². The zero-order valence-corrected chi connectivity index (χ0v) is 10.2. The van der Waals surface area contributed by atoms with Crippen molar-refractivity contribution in [2.24, 2.45) is 0 Å². The van der Waals surface area contributed by atoms with E-state index in [4.69, 9.17) is 11.6 Å². The van der Waals surface area contributed by atoms with Gasteiger partial charge in [-0.25, -0.2) is 4.98 Å². The predicted molar refractivity (Wildman–Crippen MR) is 61.3 cm³/mol. The van der Waals surface area contributed by atoms with E-state index in [2.05, 4.69) is 10.3 Å². The van der Waals surface area contributed by atoms with Gasteiger partial charge in [-0.05, 0) is 19.2 Å². The molecule has 0 aliphatic rings. The molecule has 3 nitrogen and oxygen atoms in total. The topological polar surface area (TPSA) is 28.2 Å². The van der Waals surface area contributed by atoms with E-state index in [1.54, 1.807) is 13.1 Å². The number of alkyl halides is 3. The minimum atomic E-state index is -4.25. The maximum absolute atomic E-state index is 12.2. The van der Waals surface area contributed by atoms with E-state index < -0.39 is 12.7 Å². The lowest BCUT2D eigenvalue weighted by molar-refractivity contribution is -0.119. The van der Waals surface area contributed by atoms with Crippen molar-refractivity contribution in [2.75, 3.05) is 25.5 Å². The van der Waals surface area contributed by atoms with Crippen molar-refractivity contribution < 1.29 is 13.2 Å². The molecule has 1 aromatic heterocycles. The van der Waals surface area contributed by atoms with E-state index in [-0.39, 0.29) is 5.82 Å². The van der Waals surface area contributed by atoms with Crippen molar-refractivity contribution in [1.82, 2.24) is 10.3 Å². The highest BCUT2D eigenvalue weighted by Crippen LogP contribution is 2.22. The van der Waals surface area contributed by atoms with Crippen LogP contribution in [0.5, 0.6) is 0 Å². The first-order chi connectivity index (χ1) is 7.83. The Bertz CT molecular complexity index is 382. The Morgan fingerprint density at radius 3 is 2.59 bits per heavy atom. The lowest BCUT2D eigenvalue weighted by Gasteiger charge is -2.20. The Kier molecular flexibility index (Phi) is 4.59. The minimum Gasteiger partial charge on any atom is -0.351 e. The molecular weight excluding hydrogens is 255 g/mol. The van der Waals surface area contributed by atoms with E-state index in [0.717, 1.165) is 4.90 Å². The molecule has 0 aromatic carbocycles. The van der Waals surface area contributed by atoms with Crippen LogP contribution >= 0.6 is 11.6 Å². The Hall–Kier alpha value is -1.01. The molecule has 0 aliphatic carbocycles. The van der Waals surface area contributed by atoms with Gasteiger partial charge < -0.3 is 10.2 Å². The predicted octanol–water partition coefficient (Wildman–Crippen LogP) is 2.45. The van der Waals surface area contributed by atoms with Crippen molar-refractivity contribution in [2.45, 2.75) is 12.7 Å². The number of nitrogens with zero attached hydrogens (tertiary/aromatic N) is 2. The van der Waals surface area contributed by atoms with Crippen LogP contribution in [0.25, 0.3) is 0 Å². The molecular formula is C10H13ClF3N3. The molecule has 0 bridgehead atoms. The molecule has 17 heavy (non-hydrogen) atoms. The fourth-order valence-corrected chi connectivity index (χ4v) is 1.50. The summed E-state index contributed by atoms with van der Waals surface area (Å²) < 4.78 is 36.6. The second-order valence-corrected chi connectivity index (χ2v) is 4.01. The van der Waals surface area contributed by atoms with Crippen LogP contribution in [0, 0.1) is 0 Å². The highest BCUT2D eigenvalue weighted by molar-refractivity contribution is 6.31. The van der Waals surface area contributed by atoms with Gasteiger partial charge in [0.05, 0.1) is 10.7 Å². The van der Waals surface area contributed by atoms with Crippen LogP contribution in [0.4, 0.5) is 19.0 Å². The lowest BCUT2D eigenvalue weighted by Crippen LogP contribution is -2.31. The van der Waals surface area contributed by atoms with E-state index >= 15 is 0 Å². The summed E-state index contributed by atoms with van der Waals surface area (Å²) >= 11 is 5.87. The summed E-state index contributed by atoms with van der Waals surface area (Å²) in [6.45, 7) is -0.632. The molecule has 0 aliphatic heterocycles. The van der Waals surface area contributed by atoms with E-state index in [1.807, 2.05) is 0 Å². The average molecular weight is 268 g/mol. The fourth-order valence-electron chi connectivity index (χ4n) is 1.33. The van der Waals surface area contributed by atoms with Crippen molar-refractivity contribution >= 4 is 17.4 Å². The summed E-state index contributed by atoms with van der Waals surface area (Å²) in [5.41, 5.74) is 0.528. The number of hydrogen-bond donors (Lipinski definition) is 1. The number of anilines is 1. The summed E-state index contributed by atoms with van der Waals surface area (Å²) in [6, 6.07) is 3.01. The first-order valence-electron chi connectivity index (χ1n) is 4.91. The SMILES string of the molecule is CNCc1nc(N(C)CC(F)(F)F)ccc1Cl. The number of aromatic nitrogens is 1. The third kappa shape index (κ3) is 4.40. The quantitative estimate of drug-likeness (QED) is 0.908. The number of nitrogens with one attached hydrogen (secondary N) is 1. The molecule has 0 unspecified atom stereocenters. The zero-order chi connectivity index (χ0) is 13.1. The van der Waals surface area contributed by atoms with Crippen LogP contribution in [0.15, 0.2) is 12.1 Å². The van der Waals surface area contributed by atoms with Gasteiger partial charge in [-0.3, -0.25) is 0 Å². The first-order valence-corrected chi connectivity index (χ1v) is 5.29. The van der Waals surface area contributed by atoms with Crippen LogP contribution < -0.4 is 10.2 Å². The fraction of sp³-hybridized carbons (Fsp3) is 0.500. The number of hydrogen-bond acceptors (Lipinski definition) is 3. The second kappa shape index (κ2) is 5.55. The Morgan fingerprint density at radius 2 is 2.06 bits per heavy atom. The van der Waals surface area contributed by atoms with Gasteiger partial charge in [0.15, 0.2) is 0 Å². The molecule has 0 saturated heterocycles. The van der Waals surface area contributed by atoms with Gasteiger partial charge >= 0.3 is 6.18 Å². The minimum absolute atomic E-state index is 0.247. The van der Waals surface area contributed by atoms with Gasteiger partial charge in [0.2, 0.25) is 0 Å². The third-order valence-corrected chi connectivity index (χ3v) is 2.40. The lowest BCUT2D eigenvalue weighted by atomic mass is 10.3. The highest BCUT2D eigenvalue weighted by atomic mass is 35.5. The highest BCUT2D eigenvalue weighted by Gasteiger charge is 2.29. The summed E-state index contributed by atoms with van der Waals surface area (Å²) in [7, 11) is 3.05. The van der Waals surface area contributed by atoms with Crippen molar-refractivity contribution in [3.05, 3.63) is 22.8 Å². The number of halogens is 4. The number of pyridine rings is 1. The van der Waals surface area contributed by atoms with E-state index in [0.29, 0.717) is 17.3 Å². The maximum atomic E-state index is 12.2. The summed E-state index contributed by atoms with van der Waals surface area (Å²) in [5.74, 6) is 0.247. The second-order valence-electron chi connectivity index (χ2n) is 3.60. The molecule has 96 valence electrons. The van der Waals surface area contributed by atoms with Crippen molar-refractivity contribution in [3.8, 4) is 0 Å². The summed E-state index contributed by atoms with van der Waals surface area (Å²) in [4.78, 5) is 5.11. The van der Waals surface area contributed by atoms with E-state index in [9.17, 15) is 13.2 Å². The molecule has 7 heteroatoms. The Labute approximate surface area is 103 Å². The van der Waals surface area contributed by atoms with Crippen LogP contribution in [0.2, 0.25) is 5.02 Å². The third-order valence-electron chi connectivity index (χ3n) is 2.06. The van der Waals surface area contributed by atoms with Gasteiger partial charge in [0, 0.05) is 13.6 Å². The van der Waals surface area contributed by atoms with Gasteiger partial charge in [-0.1, -0.05) is 11.6 Å². The first kappa shape index (κ1) is 14.1. The van der Waals surface area contributed by atoms with Gasteiger partial charge in [-0.2, -0.15) is 13.2 Å². The van der Waals surface area contributed by atoms with E-state index in [1.165, 1.54) is 13.1 Å². The molecule has 0 amide bonds. The monoisotopic (exact) mass is 267 g/mol.